The molecule has 0 unspecified atom stereocenters. The topological polar surface area (TPSA) is 105 Å². The Hall–Kier alpha value is -1.28. The lowest BCUT2D eigenvalue weighted by Gasteiger charge is -1.32. The summed E-state index contributed by atoms with van der Waals surface area (Å²) < 4.78 is 0. The van der Waals surface area contributed by atoms with Crippen molar-refractivity contribution in [3.05, 3.63) is 10.8 Å². The van der Waals surface area contributed by atoms with Crippen LogP contribution >= 0.6 is 0 Å². The van der Waals surface area contributed by atoms with Crippen molar-refractivity contribution in [1.29, 1.82) is 0 Å². The maximum Gasteiger partial charge on any atom is -0.0159 e. The van der Waals surface area contributed by atoms with Crippen molar-refractivity contribution in [1.82, 2.24) is 0 Å². The van der Waals surface area contributed by atoms with Gasteiger partial charge in [-0.15, -0.1) is 0 Å². The minimum absolute atomic E-state index is 0.500. The second kappa shape index (κ2) is 246. The molecule has 0 aromatic carbocycles. The highest BCUT2D eigenvalue weighted by atomic mass is 16.1. The highest BCUT2D eigenvalue weighted by Crippen LogP contribution is 0.952. The van der Waals surface area contributed by atoms with Crippen LogP contribution < -0.4 is 5.73 Å². The van der Waals surface area contributed by atoms with Crippen LogP contribution in [0.4, 0.5) is 0 Å². The molecule has 5 nitrogen and oxygen atoms in total. The third kappa shape index (κ3) is 39.9. The summed E-state index contributed by atoms with van der Waals surface area (Å²) in [5.41, 5.74) is 4.50. The Balaban J connectivity index is -0.0000000483. The third-order valence-corrected chi connectivity index (χ3v) is 0. The van der Waals surface area contributed by atoms with E-state index in [0.29, 0.717) is 12.2 Å². The van der Waals surface area contributed by atoms with Gasteiger partial charge in [0.2, 0.25) is 0 Å². The van der Waals surface area contributed by atoms with Crippen LogP contribution in [0.1, 0.15) is 0 Å². The lowest BCUT2D eigenvalue weighted by molar-refractivity contribution is 0.568. The fourth-order valence-electron chi connectivity index (χ4n) is 0. The summed E-state index contributed by atoms with van der Waals surface area (Å²) in [6.07, 6.45) is 1.00. The number of carbonyl (C=O) groups excluding carboxylic acids is 2. The molecule has 0 saturated carbocycles. The van der Waals surface area contributed by atoms with Gasteiger partial charge in [0.1, 0.15) is 0 Å². The predicted molar refractivity (Wildman–Crippen MR) is 28.2 cm³/mol. The summed E-state index contributed by atoms with van der Waals surface area (Å²) in [4.78, 5) is 16.5. The van der Waals surface area contributed by atoms with Gasteiger partial charge in [-0.2, -0.15) is 0 Å². The van der Waals surface area contributed by atoms with Crippen molar-refractivity contribution < 1.29 is 9.59 Å². The van der Waals surface area contributed by atoms with E-state index in [-0.39, 0.29) is 0 Å². The van der Waals surface area contributed by atoms with Gasteiger partial charge in [-0.1, -0.05) is 0 Å². The Morgan fingerprint density at radius 1 is 1.12 bits per heavy atom. The number of nitrogens with zero attached hydrogens (tertiary/aromatic N) is 2. The molecular formula is C3H5N3O2-2. The molecule has 0 radical (unpaired) electrons. The first-order chi connectivity index (χ1) is 3.83. The quantitative estimate of drug-likeness (QED) is 0.335. The zero-order valence-corrected chi connectivity index (χ0v) is 4.29. The number of nitrogens with two attached hydrogens (primary N) is 1. The maximum atomic E-state index is 8.24. The molecular weight excluding hydrogens is 110 g/mol. The van der Waals surface area contributed by atoms with E-state index in [4.69, 9.17) is 20.4 Å². The molecule has 0 aromatic heterocycles. The van der Waals surface area contributed by atoms with Crippen LogP contribution in [0, 0.1) is 0 Å². The van der Waals surface area contributed by atoms with Crippen molar-refractivity contribution in [2.45, 2.75) is 0 Å². The number of hydrogen-bond donors (Lipinski definition) is 1. The summed E-state index contributed by atoms with van der Waals surface area (Å²) in [6.45, 7) is 0. The van der Waals surface area contributed by atoms with Gasteiger partial charge < -0.3 is 16.6 Å². The fraction of sp³-hybridized carbons (Fsp3) is 0.333. The zero-order chi connectivity index (χ0) is 7.41. The van der Waals surface area contributed by atoms with Gasteiger partial charge in [-0.05, 0) is 19.2 Å². The van der Waals surface area contributed by atoms with Gasteiger partial charge in [0, 0.05) is 0 Å². The Labute approximate surface area is 46.5 Å². The van der Waals surface area contributed by atoms with E-state index in [2.05, 4.69) is 5.73 Å². The molecule has 0 amide bonds. The number of isocyanates is 2. The Kier molecular flexibility index (Phi) is 488. The minimum Gasteiger partial charge on any atom is -0.724 e. The molecule has 0 bridgehead atoms. The van der Waals surface area contributed by atoms with Crippen molar-refractivity contribution >= 4 is 12.2 Å². The van der Waals surface area contributed by atoms with Gasteiger partial charge in [0.15, 0.2) is 0 Å². The molecule has 8 heavy (non-hydrogen) atoms. The molecule has 2 N–H and O–H groups in total. The molecule has 0 fully saturated rings. The van der Waals surface area contributed by atoms with E-state index < -0.39 is 0 Å². The molecule has 0 aliphatic heterocycles. The summed E-state index contributed by atoms with van der Waals surface area (Å²) in [5, 5.41) is 13.5. The molecule has 0 heterocycles. The van der Waals surface area contributed by atoms with Crippen molar-refractivity contribution in [2.75, 3.05) is 7.05 Å². The zero-order valence-electron chi connectivity index (χ0n) is 4.29. The lowest BCUT2D eigenvalue weighted by Crippen LogP contribution is -1.69. The number of rotatable bonds is 0. The van der Waals surface area contributed by atoms with Gasteiger partial charge in [0.25, 0.3) is 0 Å². The van der Waals surface area contributed by atoms with Gasteiger partial charge in [0.05, 0.1) is 0 Å². The molecule has 0 aromatic rings. The van der Waals surface area contributed by atoms with Crippen LogP contribution in [0.3, 0.4) is 0 Å². The highest BCUT2D eigenvalue weighted by Gasteiger charge is 0.836. The largest absolute Gasteiger partial charge is 0.724 e. The first kappa shape index (κ1) is 15.9. The van der Waals surface area contributed by atoms with Gasteiger partial charge in [-0.3, -0.25) is 9.59 Å². The van der Waals surface area contributed by atoms with Gasteiger partial charge in [-0.25, -0.2) is 0 Å². The van der Waals surface area contributed by atoms with E-state index >= 15 is 0 Å². The standard InChI is InChI=1S/2CNO.CH5N/c2*2-1-3;1-2/h;;2H2,1H3/q2*-1;. The van der Waals surface area contributed by atoms with Crippen LogP contribution in [0.5, 0.6) is 0 Å². The Bertz CT molecular complexity index is 66.5. The van der Waals surface area contributed by atoms with Crippen molar-refractivity contribution in [2.24, 2.45) is 5.73 Å². The summed E-state index contributed by atoms with van der Waals surface area (Å²) in [6, 6.07) is 0. The van der Waals surface area contributed by atoms with Crippen LogP contribution in [0.2, 0.25) is 0 Å². The molecule has 0 saturated heterocycles. The van der Waals surface area contributed by atoms with E-state index in [1.807, 2.05) is 0 Å². The molecule has 0 spiro atoms. The second-order valence-electron chi connectivity index (χ2n) is 0.183. The molecule has 5 heteroatoms. The average molecular weight is 115 g/mol. The van der Waals surface area contributed by atoms with E-state index in [9.17, 15) is 0 Å². The normalized spacial score (nSPS) is 2.75. The predicted octanol–water partition coefficient (Wildman–Crippen LogP) is -0.642. The minimum atomic E-state index is 0.500. The Morgan fingerprint density at radius 3 is 1.12 bits per heavy atom. The summed E-state index contributed by atoms with van der Waals surface area (Å²) in [7, 11) is 1.50. The summed E-state index contributed by atoms with van der Waals surface area (Å²) in [5.74, 6) is 0. The summed E-state index contributed by atoms with van der Waals surface area (Å²) >= 11 is 0. The SMILES string of the molecule is CN.[N-]=C=O.[N-]=C=O. The first-order valence-corrected chi connectivity index (χ1v) is 1.43. The Morgan fingerprint density at radius 2 is 1.12 bits per heavy atom. The molecule has 0 atom stereocenters. The third-order valence-electron chi connectivity index (χ3n) is 0. The van der Waals surface area contributed by atoms with Crippen LogP contribution in [0.25, 0.3) is 10.8 Å². The molecule has 46 valence electrons. The van der Waals surface area contributed by atoms with Crippen LogP contribution in [0.15, 0.2) is 0 Å². The molecule has 0 aliphatic rings. The van der Waals surface area contributed by atoms with E-state index in [1.54, 1.807) is 0 Å². The van der Waals surface area contributed by atoms with Crippen molar-refractivity contribution in [3.63, 3.8) is 0 Å². The fourth-order valence-corrected chi connectivity index (χ4v) is 0. The van der Waals surface area contributed by atoms with Crippen molar-refractivity contribution in [3.8, 4) is 0 Å². The first-order valence-electron chi connectivity index (χ1n) is 1.43. The van der Waals surface area contributed by atoms with Crippen LogP contribution in [-0.2, 0) is 9.59 Å². The van der Waals surface area contributed by atoms with Crippen LogP contribution in [-0.4, -0.2) is 19.2 Å². The maximum absolute atomic E-state index is 8.24. The second-order valence-corrected chi connectivity index (χ2v) is 0.183. The number of hydrogen-bond acceptors (Lipinski definition) is 3. The van der Waals surface area contributed by atoms with Gasteiger partial charge >= 0.3 is 0 Å². The highest BCUT2D eigenvalue weighted by molar-refractivity contribution is 5.37. The molecule has 0 rings (SSSR count). The van der Waals surface area contributed by atoms with E-state index in [1.165, 1.54) is 7.05 Å². The average Bonchev–Trinajstić information content (AvgIpc) is 1.75. The monoisotopic (exact) mass is 115 g/mol. The van der Waals surface area contributed by atoms with E-state index in [0.717, 1.165) is 0 Å². The molecule has 0 aliphatic carbocycles. The lowest BCUT2D eigenvalue weighted by atomic mass is 11.6. The smallest absolute Gasteiger partial charge is 0.0159 e.